The number of aryl methyl sites for hydroxylation is 3. The summed E-state index contributed by atoms with van der Waals surface area (Å²) in [6, 6.07) is 0. The van der Waals surface area contributed by atoms with Gasteiger partial charge in [0.1, 0.15) is 20.5 Å². The normalized spacial score (nSPS) is 11.8. The summed E-state index contributed by atoms with van der Waals surface area (Å²) in [5.41, 5.74) is 1.74. The molecule has 0 saturated carbocycles. The lowest BCUT2D eigenvalue weighted by molar-refractivity contribution is 0.0957. The van der Waals surface area contributed by atoms with Gasteiger partial charge >= 0.3 is 0 Å². The standard InChI is InChI=1S/C14H19N3O3S2/c1-8-11-9(2)16-10(3)17-14(11)21-12(8)13(18)15-6-5-7-22(4,19)20/h5-7H2,1-4H3,(H,15,18). The van der Waals surface area contributed by atoms with Crippen LogP contribution < -0.4 is 5.32 Å². The van der Waals surface area contributed by atoms with Crippen molar-refractivity contribution in [3.05, 3.63) is 22.0 Å². The Bertz CT molecular complexity index is 825. The molecule has 6 nitrogen and oxygen atoms in total. The number of thiophene rings is 1. The van der Waals surface area contributed by atoms with Crippen molar-refractivity contribution in [3.8, 4) is 0 Å². The van der Waals surface area contributed by atoms with E-state index in [0.717, 1.165) is 21.5 Å². The molecule has 2 heterocycles. The highest BCUT2D eigenvalue weighted by Crippen LogP contribution is 2.31. The number of aromatic nitrogens is 2. The zero-order chi connectivity index (χ0) is 16.5. The minimum Gasteiger partial charge on any atom is -0.351 e. The minimum absolute atomic E-state index is 0.0719. The Labute approximate surface area is 133 Å². The van der Waals surface area contributed by atoms with Crippen molar-refractivity contribution < 1.29 is 13.2 Å². The molecule has 0 unspecified atom stereocenters. The summed E-state index contributed by atoms with van der Waals surface area (Å²) in [5.74, 6) is 0.569. The minimum atomic E-state index is -2.99. The van der Waals surface area contributed by atoms with Crippen LogP contribution in [0, 0.1) is 20.8 Å². The molecule has 0 aliphatic carbocycles. The third kappa shape index (κ3) is 3.80. The van der Waals surface area contributed by atoms with E-state index < -0.39 is 9.84 Å². The Balaban J connectivity index is 2.15. The second kappa shape index (κ2) is 6.29. The molecule has 2 aromatic heterocycles. The van der Waals surface area contributed by atoms with Crippen molar-refractivity contribution in [1.29, 1.82) is 0 Å². The Kier molecular flexibility index (Phi) is 4.81. The summed E-state index contributed by atoms with van der Waals surface area (Å²) < 4.78 is 22.1. The van der Waals surface area contributed by atoms with Gasteiger partial charge < -0.3 is 5.32 Å². The maximum absolute atomic E-state index is 12.3. The van der Waals surface area contributed by atoms with Crippen LogP contribution in [0.25, 0.3) is 10.2 Å². The molecule has 0 aliphatic rings. The summed E-state index contributed by atoms with van der Waals surface area (Å²) in [4.78, 5) is 22.4. The quantitative estimate of drug-likeness (QED) is 0.837. The molecule has 2 rings (SSSR count). The molecule has 0 fully saturated rings. The second-order valence-electron chi connectivity index (χ2n) is 5.33. The van der Waals surface area contributed by atoms with E-state index in [1.165, 1.54) is 17.6 Å². The lowest BCUT2D eigenvalue weighted by Crippen LogP contribution is -2.25. The van der Waals surface area contributed by atoms with Crippen LogP contribution in [-0.4, -0.2) is 42.8 Å². The van der Waals surface area contributed by atoms with Crippen LogP contribution in [0.15, 0.2) is 0 Å². The van der Waals surface area contributed by atoms with Gasteiger partial charge in [0.05, 0.1) is 10.6 Å². The van der Waals surface area contributed by atoms with Gasteiger partial charge in [0.15, 0.2) is 0 Å². The molecule has 0 spiro atoms. The van der Waals surface area contributed by atoms with Gasteiger partial charge in [0.2, 0.25) is 0 Å². The average Bonchev–Trinajstić information content (AvgIpc) is 2.70. The predicted molar refractivity (Wildman–Crippen MR) is 88.3 cm³/mol. The summed E-state index contributed by atoms with van der Waals surface area (Å²) in [6.45, 7) is 5.95. The van der Waals surface area contributed by atoms with E-state index in [1.807, 2.05) is 20.8 Å². The molecule has 2 aromatic rings. The van der Waals surface area contributed by atoms with E-state index in [9.17, 15) is 13.2 Å². The van der Waals surface area contributed by atoms with Gasteiger partial charge in [-0.25, -0.2) is 18.4 Å². The van der Waals surface area contributed by atoms with Gasteiger partial charge in [-0.15, -0.1) is 11.3 Å². The summed E-state index contributed by atoms with van der Waals surface area (Å²) in [7, 11) is -2.99. The Hall–Kier alpha value is -1.54. The van der Waals surface area contributed by atoms with E-state index in [4.69, 9.17) is 0 Å². The zero-order valence-corrected chi connectivity index (χ0v) is 14.7. The molecule has 1 amide bonds. The molecule has 120 valence electrons. The highest BCUT2D eigenvalue weighted by molar-refractivity contribution is 7.90. The summed E-state index contributed by atoms with van der Waals surface area (Å²) >= 11 is 1.34. The lowest BCUT2D eigenvalue weighted by atomic mass is 10.1. The van der Waals surface area contributed by atoms with E-state index in [2.05, 4.69) is 15.3 Å². The Morgan fingerprint density at radius 3 is 2.55 bits per heavy atom. The first-order chi connectivity index (χ1) is 10.2. The van der Waals surface area contributed by atoms with Crippen LogP contribution in [0.3, 0.4) is 0 Å². The molecule has 0 radical (unpaired) electrons. The fourth-order valence-electron chi connectivity index (χ4n) is 2.31. The number of rotatable bonds is 5. The molecule has 0 aliphatic heterocycles. The Morgan fingerprint density at radius 2 is 1.91 bits per heavy atom. The number of hydrogen-bond donors (Lipinski definition) is 1. The third-order valence-electron chi connectivity index (χ3n) is 3.27. The number of sulfone groups is 1. The van der Waals surface area contributed by atoms with Gasteiger partial charge in [0, 0.05) is 23.9 Å². The van der Waals surface area contributed by atoms with Gasteiger partial charge in [-0.2, -0.15) is 0 Å². The SMILES string of the molecule is Cc1nc(C)c2c(C)c(C(=O)NCCCS(C)(=O)=O)sc2n1. The van der Waals surface area contributed by atoms with Gasteiger partial charge in [-0.1, -0.05) is 0 Å². The Morgan fingerprint density at radius 1 is 1.23 bits per heavy atom. The fourth-order valence-corrected chi connectivity index (χ4v) is 4.17. The maximum atomic E-state index is 12.3. The van der Waals surface area contributed by atoms with Crippen molar-refractivity contribution in [3.63, 3.8) is 0 Å². The van der Waals surface area contributed by atoms with Crippen LogP contribution >= 0.6 is 11.3 Å². The molecule has 22 heavy (non-hydrogen) atoms. The van der Waals surface area contributed by atoms with Crippen molar-refractivity contribution >= 4 is 37.3 Å². The van der Waals surface area contributed by atoms with E-state index in [1.54, 1.807) is 0 Å². The number of carbonyl (C=O) groups is 1. The first-order valence-corrected chi connectivity index (χ1v) is 9.77. The number of nitrogens with one attached hydrogen (secondary N) is 1. The van der Waals surface area contributed by atoms with E-state index in [-0.39, 0.29) is 11.7 Å². The second-order valence-corrected chi connectivity index (χ2v) is 8.59. The van der Waals surface area contributed by atoms with E-state index in [0.29, 0.717) is 23.7 Å². The highest BCUT2D eigenvalue weighted by atomic mass is 32.2. The van der Waals surface area contributed by atoms with Crippen LogP contribution in [0.2, 0.25) is 0 Å². The zero-order valence-electron chi connectivity index (χ0n) is 13.1. The van der Waals surface area contributed by atoms with Crippen molar-refractivity contribution in [2.45, 2.75) is 27.2 Å². The van der Waals surface area contributed by atoms with Crippen molar-refractivity contribution in [2.24, 2.45) is 0 Å². The summed E-state index contributed by atoms with van der Waals surface area (Å²) in [5, 5.41) is 3.69. The number of nitrogens with zero attached hydrogens (tertiary/aromatic N) is 2. The molecule has 0 bridgehead atoms. The molecule has 0 aromatic carbocycles. The average molecular weight is 341 g/mol. The molecule has 8 heteroatoms. The van der Waals surface area contributed by atoms with Crippen LogP contribution in [-0.2, 0) is 9.84 Å². The summed E-state index contributed by atoms with van der Waals surface area (Å²) in [6.07, 6.45) is 1.60. The molecular formula is C14H19N3O3S2. The van der Waals surface area contributed by atoms with Gasteiger partial charge in [0.25, 0.3) is 5.91 Å². The molecule has 1 N–H and O–H groups in total. The van der Waals surface area contributed by atoms with Crippen molar-refractivity contribution in [2.75, 3.05) is 18.6 Å². The lowest BCUT2D eigenvalue weighted by Gasteiger charge is -2.04. The maximum Gasteiger partial charge on any atom is 0.261 e. The third-order valence-corrected chi connectivity index (χ3v) is 5.48. The number of fused-ring (bicyclic) bond motifs is 1. The first kappa shape index (κ1) is 16.8. The molecule has 0 saturated heterocycles. The highest BCUT2D eigenvalue weighted by Gasteiger charge is 2.18. The first-order valence-electron chi connectivity index (χ1n) is 6.89. The van der Waals surface area contributed by atoms with Crippen molar-refractivity contribution in [1.82, 2.24) is 15.3 Å². The predicted octanol–water partition coefficient (Wildman–Crippen LogP) is 1.78. The fraction of sp³-hybridized carbons (Fsp3) is 0.500. The van der Waals surface area contributed by atoms with Crippen LogP contribution in [0.1, 0.15) is 33.2 Å². The van der Waals surface area contributed by atoms with Crippen LogP contribution in [0.5, 0.6) is 0 Å². The number of hydrogen-bond acceptors (Lipinski definition) is 6. The topological polar surface area (TPSA) is 89.0 Å². The van der Waals surface area contributed by atoms with E-state index >= 15 is 0 Å². The molecule has 0 atom stereocenters. The number of amides is 1. The smallest absolute Gasteiger partial charge is 0.261 e. The molecular weight excluding hydrogens is 322 g/mol. The van der Waals surface area contributed by atoms with Gasteiger partial charge in [-0.3, -0.25) is 4.79 Å². The monoisotopic (exact) mass is 341 g/mol. The van der Waals surface area contributed by atoms with Gasteiger partial charge in [-0.05, 0) is 32.8 Å². The number of carbonyl (C=O) groups excluding carboxylic acids is 1. The van der Waals surface area contributed by atoms with Crippen LogP contribution in [0.4, 0.5) is 0 Å². The largest absolute Gasteiger partial charge is 0.351 e.